The maximum atomic E-state index is 11.3. The molecule has 0 atom stereocenters. The lowest BCUT2D eigenvalue weighted by Crippen LogP contribution is -1.98. The lowest BCUT2D eigenvalue weighted by Gasteiger charge is -2.15. The van der Waals surface area contributed by atoms with Gasteiger partial charge in [-0.3, -0.25) is 4.79 Å². The second-order valence-corrected chi connectivity index (χ2v) is 4.85. The number of Topliss-reactive ketones (excluding diaryl/α,β-unsaturated/α-hetero) is 1. The molecule has 1 rings (SSSR count). The zero-order valence-corrected chi connectivity index (χ0v) is 12.8. The Kier molecular flexibility index (Phi) is 4.96. The van der Waals surface area contributed by atoms with E-state index in [1.165, 1.54) is 6.92 Å². The van der Waals surface area contributed by atoms with Crippen LogP contribution in [0.3, 0.4) is 0 Å². The van der Waals surface area contributed by atoms with E-state index in [2.05, 4.69) is 15.9 Å². The number of allylic oxidation sites excluding steroid dienone is 1. The third-order valence-electron chi connectivity index (χ3n) is 2.86. The van der Waals surface area contributed by atoms with Crippen molar-refractivity contribution < 1.29 is 14.3 Å². The molecule has 3 nitrogen and oxygen atoms in total. The van der Waals surface area contributed by atoms with Gasteiger partial charge in [-0.15, -0.1) is 0 Å². The second-order valence-electron chi connectivity index (χ2n) is 4.00. The highest BCUT2D eigenvalue weighted by atomic mass is 79.9. The number of hydrogen-bond acceptors (Lipinski definition) is 3. The quantitative estimate of drug-likeness (QED) is 0.796. The van der Waals surface area contributed by atoms with E-state index in [1.807, 2.05) is 19.9 Å². The highest BCUT2D eigenvalue weighted by Gasteiger charge is 2.13. The summed E-state index contributed by atoms with van der Waals surface area (Å²) in [6.45, 7) is 5.45. The highest BCUT2D eigenvalue weighted by molar-refractivity contribution is 9.12. The fourth-order valence-electron chi connectivity index (χ4n) is 1.71. The van der Waals surface area contributed by atoms with Crippen molar-refractivity contribution in [1.29, 1.82) is 0 Å². The zero-order chi connectivity index (χ0) is 13.9. The van der Waals surface area contributed by atoms with E-state index in [9.17, 15) is 4.79 Å². The fraction of sp³-hybridized carbons (Fsp3) is 0.357. The van der Waals surface area contributed by atoms with Crippen LogP contribution in [0.15, 0.2) is 10.5 Å². The molecule has 0 saturated carbocycles. The Balaban J connectivity index is 3.47. The number of carbonyl (C=O) groups is 1. The molecule has 0 saturated heterocycles. The minimum absolute atomic E-state index is 0.0331. The van der Waals surface area contributed by atoms with Crippen LogP contribution in [0.25, 0.3) is 6.08 Å². The molecule has 0 bridgehead atoms. The number of halogens is 1. The molecule has 0 aliphatic rings. The van der Waals surface area contributed by atoms with Crippen LogP contribution in [0, 0.1) is 13.8 Å². The van der Waals surface area contributed by atoms with E-state index in [4.69, 9.17) is 9.47 Å². The summed E-state index contributed by atoms with van der Waals surface area (Å²) in [5, 5.41) is 0. The Labute approximate surface area is 116 Å². The van der Waals surface area contributed by atoms with Crippen LogP contribution >= 0.6 is 15.9 Å². The maximum absolute atomic E-state index is 11.3. The van der Waals surface area contributed by atoms with Gasteiger partial charge in [-0.25, -0.2) is 0 Å². The molecule has 0 heterocycles. The SMILES string of the molecule is COc1cc(/C=C(\Br)C(C)=O)c(OC)c(C)c1C. The number of hydrogen-bond donors (Lipinski definition) is 0. The molecule has 0 N–H and O–H groups in total. The van der Waals surface area contributed by atoms with Gasteiger partial charge in [0.05, 0.1) is 18.7 Å². The van der Waals surface area contributed by atoms with Crippen molar-refractivity contribution in [3.05, 3.63) is 27.2 Å². The lowest BCUT2D eigenvalue weighted by molar-refractivity contribution is -0.112. The first-order valence-electron chi connectivity index (χ1n) is 5.52. The molecular formula is C14H17BrO3. The zero-order valence-electron chi connectivity index (χ0n) is 11.3. The molecule has 98 valence electrons. The smallest absolute Gasteiger partial charge is 0.166 e. The third kappa shape index (κ3) is 2.93. The van der Waals surface area contributed by atoms with Crippen molar-refractivity contribution in [2.45, 2.75) is 20.8 Å². The van der Waals surface area contributed by atoms with Gasteiger partial charge in [-0.2, -0.15) is 0 Å². The molecule has 4 heteroatoms. The Hall–Kier alpha value is -1.29. The van der Waals surface area contributed by atoms with Crippen LogP contribution in [0.2, 0.25) is 0 Å². The summed E-state index contributed by atoms with van der Waals surface area (Å²) in [4.78, 5) is 11.3. The maximum Gasteiger partial charge on any atom is 0.166 e. The number of carbonyl (C=O) groups excluding carboxylic acids is 1. The largest absolute Gasteiger partial charge is 0.496 e. The van der Waals surface area contributed by atoms with Gasteiger partial charge in [0.1, 0.15) is 11.5 Å². The van der Waals surface area contributed by atoms with E-state index in [0.717, 1.165) is 28.2 Å². The van der Waals surface area contributed by atoms with E-state index in [1.54, 1.807) is 20.3 Å². The van der Waals surface area contributed by atoms with Gasteiger partial charge in [0.2, 0.25) is 0 Å². The van der Waals surface area contributed by atoms with Crippen LogP contribution in [0.4, 0.5) is 0 Å². The number of rotatable bonds is 4. The first-order chi connectivity index (χ1) is 8.42. The van der Waals surface area contributed by atoms with Crippen molar-refractivity contribution in [3.63, 3.8) is 0 Å². The summed E-state index contributed by atoms with van der Waals surface area (Å²) in [6, 6.07) is 1.87. The molecule has 0 aromatic heterocycles. The Morgan fingerprint density at radius 1 is 1.22 bits per heavy atom. The minimum atomic E-state index is -0.0331. The van der Waals surface area contributed by atoms with Crippen LogP contribution in [-0.2, 0) is 4.79 Å². The minimum Gasteiger partial charge on any atom is -0.496 e. The van der Waals surface area contributed by atoms with Crippen molar-refractivity contribution in [2.24, 2.45) is 0 Å². The van der Waals surface area contributed by atoms with Gasteiger partial charge < -0.3 is 9.47 Å². The number of ether oxygens (including phenoxy) is 2. The van der Waals surface area contributed by atoms with Crippen molar-refractivity contribution in [3.8, 4) is 11.5 Å². The van der Waals surface area contributed by atoms with Gasteiger partial charge in [-0.05, 0) is 60.0 Å². The normalized spacial score (nSPS) is 11.3. The molecule has 0 spiro atoms. The molecule has 0 aliphatic heterocycles. The second kappa shape index (κ2) is 6.05. The highest BCUT2D eigenvalue weighted by Crippen LogP contribution is 2.35. The predicted molar refractivity (Wildman–Crippen MR) is 76.6 cm³/mol. The summed E-state index contributed by atoms with van der Waals surface area (Å²) >= 11 is 3.25. The summed E-state index contributed by atoms with van der Waals surface area (Å²) in [5.74, 6) is 1.50. The molecule has 0 fully saturated rings. The van der Waals surface area contributed by atoms with Crippen molar-refractivity contribution in [1.82, 2.24) is 0 Å². The molecule has 0 radical (unpaired) electrons. The first-order valence-corrected chi connectivity index (χ1v) is 6.32. The van der Waals surface area contributed by atoms with E-state index in [0.29, 0.717) is 4.48 Å². The average Bonchev–Trinajstić information content (AvgIpc) is 2.33. The molecule has 1 aromatic rings. The van der Waals surface area contributed by atoms with Gasteiger partial charge in [-0.1, -0.05) is 0 Å². The summed E-state index contributed by atoms with van der Waals surface area (Å²) in [5.41, 5.74) is 2.86. The monoisotopic (exact) mass is 312 g/mol. The molecule has 0 aliphatic carbocycles. The Bertz CT molecular complexity index is 504. The van der Waals surface area contributed by atoms with Crippen LogP contribution in [-0.4, -0.2) is 20.0 Å². The topological polar surface area (TPSA) is 35.5 Å². The number of benzene rings is 1. The molecular weight excluding hydrogens is 296 g/mol. The predicted octanol–water partition coefficient (Wildman–Crippen LogP) is 3.65. The van der Waals surface area contributed by atoms with Gasteiger partial charge in [0.15, 0.2) is 5.78 Å². The summed E-state index contributed by atoms with van der Waals surface area (Å²) < 4.78 is 11.2. The first kappa shape index (κ1) is 14.8. The Morgan fingerprint density at radius 2 is 1.83 bits per heavy atom. The fourth-order valence-corrected chi connectivity index (χ4v) is 1.96. The van der Waals surface area contributed by atoms with Gasteiger partial charge in [0, 0.05) is 5.56 Å². The molecule has 0 amide bonds. The van der Waals surface area contributed by atoms with E-state index >= 15 is 0 Å². The number of ketones is 1. The van der Waals surface area contributed by atoms with Gasteiger partial charge >= 0.3 is 0 Å². The van der Waals surface area contributed by atoms with Crippen LogP contribution < -0.4 is 9.47 Å². The summed E-state index contributed by atoms with van der Waals surface area (Å²) in [6.07, 6.45) is 1.75. The molecule has 0 unspecified atom stereocenters. The third-order valence-corrected chi connectivity index (χ3v) is 3.65. The van der Waals surface area contributed by atoms with Crippen molar-refractivity contribution in [2.75, 3.05) is 14.2 Å². The van der Waals surface area contributed by atoms with E-state index < -0.39 is 0 Å². The van der Waals surface area contributed by atoms with Gasteiger partial charge in [0.25, 0.3) is 0 Å². The summed E-state index contributed by atoms with van der Waals surface area (Å²) in [7, 11) is 3.25. The van der Waals surface area contributed by atoms with E-state index in [-0.39, 0.29) is 5.78 Å². The number of methoxy groups -OCH3 is 2. The molecule has 18 heavy (non-hydrogen) atoms. The Morgan fingerprint density at radius 3 is 2.28 bits per heavy atom. The van der Waals surface area contributed by atoms with Crippen molar-refractivity contribution >= 4 is 27.8 Å². The molecule has 1 aromatic carbocycles. The lowest BCUT2D eigenvalue weighted by atomic mass is 10.0. The standard InChI is InChI=1S/C14H17BrO3/c1-8-9(2)14(18-5)11(7-13(8)17-4)6-12(15)10(3)16/h6-7H,1-5H3/b12-6-. The van der Waals surface area contributed by atoms with Crippen LogP contribution in [0.1, 0.15) is 23.6 Å². The van der Waals surface area contributed by atoms with Crippen LogP contribution in [0.5, 0.6) is 11.5 Å². The average molecular weight is 313 g/mol.